The summed E-state index contributed by atoms with van der Waals surface area (Å²) in [5, 5.41) is 0. The molecule has 84 valence electrons. The molecule has 0 amide bonds. The maximum absolute atomic E-state index is 11.2. The monoisotopic (exact) mass is 222 g/mol. The molecule has 0 aromatic rings. The topological polar surface area (TPSA) is 52.6 Å². The highest BCUT2D eigenvalue weighted by Crippen LogP contribution is 2.37. The van der Waals surface area contributed by atoms with Gasteiger partial charge in [0.05, 0.1) is 13.2 Å². The second-order valence-electron chi connectivity index (χ2n) is 3.69. The van der Waals surface area contributed by atoms with Crippen molar-refractivity contribution in [3.05, 3.63) is 0 Å². The molecule has 0 bridgehead atoms. The van der Waals surface area contributed by atoms with Crippen LogP contribution >= 0.6 is 7.37 Å². The van der Waals surface area contributed by atoms with Crippen molar-refractivity contribution in [1.29, 1.82) is 0 Å². The van der Waals surface area contributed by atoms with Gasteiger partial charge in [-0.3, -0.25) is 9.36 Å². The minimum atomic E-state index is -2.41. The quantitative estimate of drug-likeness (QED) is 0.510. The first-order valence-corrected chi connectivity index (χ1v) is 7.22. The minimum absolute atomic E-state index is 0.0822. The van der Waals surface area contributed by atoms with E-state index < -0.39 is 7.37 Å². The first-order valence-electron chi connectivity index (χ1n) is 4.70. The van der Waals surface area contributed by atoms with Crippen LogP contribution in [0.15, 0.2) is 0 Å². The van der Waals surface area contributed by atoms with Gasteiger partial charge in [0.1, 0.15) is 0 Å². The SMILES string of the molecule is CCC(=O)OCC(C)COP(C)(C)=O. The maximum Gasteiger partial charge on any atom is 0.305 e. The summed E-state index contributed by atoms with van der Waals surface area (Å²) in [5.41, 5.74) is 0. The molecule has 0 aromatic carbocycles. The molecule has 0 radical (unpaired) electrons. The van der Waals surface area contributed by atoms with Gasteiger partial charge in [-0.15, -0.1) is 0 Å². The van der Waals surface area contributed by atoms with Crippen molar-refractivity contribution in [3.63, 3.8) is 0 Å². The van der Waals surface area contributed by atoms with Crippen LogP contribution in [0.1, 0.15) is 20.3 Å². The van der Waals surface area contributed by atoms with Crippen LogP contribution in [-0.4, -0.2) is 32.5 Å². The summed E-state index contributed by atoms with van der Waals surface area (Å²) >= 11 is 0. The van der Waals surface area contributed by atoms with Crippen molar-refractivity contribution in [3.8, 4) is 0 Å². The van der Waals surface area contributed by atoms with Gasteiger partial charge in [0, 0.05) is 25.7 Å². The molecular weight excluding hydrogens is 203 g/mol. The molecule has 0 rings (SSSR count). The van der Waals surface area contributed by atoms with Crippen molar-refractivity contribution < 1.29 is 18.6 Å². The van der Waals surface area contributed by atoms with Crippen molar-refractivity contribution in [2.24, 2.45) is 5.92 Å². The number of esters is 1. The Hall–Kier alpha value is -0.340. The van der Waals surface area contributed by atoms with Crippen LogP contribution in [0.25, 0.3) is 0 Å². The van der Waals surface area contributed by atoms with Gasteiger partial charge in [-0.2, -0.15) is 0 Å². The van der Waals surface area contributed by atoms with E-state index in [1.54, 1.807) is 20.3 Å². The Bertz CT molecular complexity index is 221. The van der Waals surface area contributed by atoms with Crippen LogP contribution in [-0.2, 0) is 18.6 Å². The summed E-state index contributed by atoms with van der Waals surface area (Å²) in [6, 6.07) is 0. The zero-order chi connectivity index (χ0) is 11.2. The largest absolute Gasteiger partial charge is 0.465 e. The summed E-state index contributed by atoms with van der Waals surface area (Å²) in [7, 11) is -2.41. The zero-order valence-corrected chi connectivity index (χ0v) is 10.2. The van der Waals surface area contributed by atoms with Gasteiger partial charge in [-0.25, -0.2) is 0 Å². The molecular formula is C9H19O4P. The van der Waals surface area contributed by atoms with Crippen molar-refractivity contribution in [1.82, 2.24) is 0 Å². The summed E-state index contributed by atoms with van der Waals surface area (Å²) in [6.45, 7) is 7.46. The van der Waals surface area contributed by atoms with Crippen molar-refractivity contribution in [2.75, 3.05) is 26.5 Å². The first kappa shape index (κ1) is 13.7. The number of ether oxygens (including phenoxy) is 1. The average Bonchev–Trinajstić information content (AvgIpc) is 2.09. The first-order chi connectivity index (χ1) is 6.35. The molecule has 0 heterocycles. The van der Waals surface area contributed by atoms with E-state index in [0.717, 1.165) is 0 Å². The summed E-state index contributed by atoms with van der Waals surface area (Å²) < 4.78 is 21.2. The highest BCUT2D eigenvalue weighted by molar-refractivity contribution is 7.57. The standard InChI is InChI=1S/C9H19O4P/c1-5-9(10)12-6-8(2)7-13-14(3,4)11/h8H,5-7H2,1-4H3. The fourth-order valence-electron chi connectivity index (χ4n) is 0.692. The third kappa shape index (κ3) is 8.27. The lowest BCUT2D eigenvalue weighted by Crippen LogP contribution is -2.15. The van der Waals surface area contributed by atoms with E-state index in [0.29, 0.717) is 19.6 Å². The molecule has 0 spiro atoms. The predicted molar refractivity (Wildman–Crippen MR) is 55.8 cm³/mol. The van der Waals surface area contributed by atoms with Gasteiger partial charge in [-0.1, -0.05) is 13.8 Å². The number of carbonyl (C=O) groups excluding carboxylic acids is 1. The maximum atomic E-state index is 11.2. The van der Waals surface area contributed by atoms with Gasteiger partial charge in [0.25, 0.3) is 0 Å². The van der Waals surface area contributed by atoms with E-state index >= 15 is 0 Å². The molecule has 5 heteroatoms. The van der Waals surface area contributed by atoms with E-state index in [2.05, 4.69) is 0 Å². The van der Waals surface area contributed by atoms with Crippen LogP contribution in [0.2, 0.25) is 0 Å². The van der Waals surface area contributed by atoms with E-state index in [9.17, 15) is 9.36 Å². The number of carbonyl (C=O) groups is 1. The molecule has 0 N–H and O–H groups in total. The molecule has 1 atom stereocenters. The van der Waals surface area contributed by atoms with Gasteiger partial charge in [0.15, 0.2) is 7.37 Å². The Morgan fingerprint density at radius 2 is 1.93 bits per heavy atom. The van der Waals surface area contributed by atoms with Crippen molar-refractivity contribution in [2.45, 2.75) is 20.3 Å². The molecule has 0 aliphatic rings. The zero-order valence-electron chi connectivity index (χ0n) is 9.28. The lowest BCUT2D eigenvalue weighted by molar-refractivity contribution is -0.144. The Morgan fingerprint density at radius 1 is 1.36 bits per heavy atom. The molecule has 0 fully saturated rings. The molecule has 0 aromatic heterocycles. The van der Waals surface area contributed by atoms with Gasteiger partial charge in [0.2, 0.25) is 0 Å². The second kappa shape index (κ2) is 6.20. The highest BCUT2D eigenvalue weighted by atomic mass is 31.2. The Labute approximate surface area is 85.4 Å². The minimum Gasteiger partial charge on any atom is -0.465 e. The van der Waals surface area contributed by atoms with E-state index in [1.165, 1.54) is 0 Å². The molecule has 1 unspecified atom stereocenters. The normalized spacial score (nSPS) is 13.7. The summed E-state index contributed by atoms with van der Waals surface area (Å²) in [6.07, 6.45) is 0.383. The third-order valence-corrected chi connectivity index (χ3v) is 2.26. The Morgan fingerprint density at radius 3 is 2.36 bits per heavy atom. The summed E-state index contributed by atoms with van der Waals surface area (Å²) in [4.78, 5) is 10.8. The van der Waals surface area contributed by atoms with Crippen LogP contribution in [0.3, 0.4) is 0 Å². The Kier molecular flexibility index (Phi) is 6.05. The second-order valence-corrected chi connectivity index (χ2v) is 6.45. The van der Waals surface area contributed by atoms with Gasteiger partial charge < -0.3 is 9.26 Å². The van der Waals surface area contributed by atoms with E-state index in [1.807, 2.05) is 6.92 Å². The number of rotatable bonds is 6. The Balaban J connectivity index is 3.61. The molecule has 0 saturated heterocycles. The van der Waals surface area contributed by atoms with Crippen LogP contribution in [0, 0.1) is 5.92 Å². The highest BCUT2D eigenvalue weighted by Gasteiger charge is 2.11. The molecule has 0 aliphatic heterocycles. The number of hydrogen-bond donors (Lipinski definition) is 0. The van der Waals surface area contributed by atoms with E-state index in [4.69, 9.17) is 9.26 Å². The van der Waals surface area contributed by atoms with Crippen LogP contribution in [0.5, 0.6) is 0 Å². The molecule has 0 aliphatic carbocycles. The lowest BCUT2D eigenvalue weighted by Gasteiger charge is -2.14. The molecule has 0 saturated carbocycles. The number of hydrogen-bond acceptors (Lipinski definition) is 4. The molecule has 4 nitrogen and oxygen atoms in total. The van der Waals surface area contributed by atoms with Crippen LogP contribution in [0.4, 0.5) is 0 Å². The molecule has 14 heavy (non-hydrogen) atoms. The average molecular weight is 222 g/mol. The lowest BCUT2D eigenvalue weighted by atomic mass is 10.2. The summed E-state index contributed by atoms with van der Waals surface area (Å²) in [5.74, 6) is -0.133. The third-order valence-electron chi connectivity index (χ3n) is 1.49. The van der Waals surface area contributed by atoms with Gasteiger partial charge >= 0.3 is 5.97 Å². The van der Waals surface area contributed by atoms with Crippen LogP contribution < -0.4 is 0 Å². The van der Waals surface area contributed by atoms with Gasteiger partial charge in [-0.05, 0) is 0 Å². The van der Waals surface area contributed by atoms with Crippen molar-refractivity contribution >= 4 is 13.3 Å². The predicted octanol–water partition coefficient (Wildman–Crippen LogP) is 2.13. The fraction of sp³-hybridized carbons (Fsp3) is 0.889. The van der Waals surface area contributed by atoms with E-state index in [-0.39, 0.29) is 11.9 Å². The smallest absolute Gasteiger partial charge is 0.305 e. The fourth-order valence-corrected chi connectivity index (χ4v) is 1.31.